The molecule has 1 aromatic rings. The van der Waals surface area contributed by atoms with Crippen LogP contribution in [-0.4, -0.2) is 24.4 Å². The minimum absolute atomic E-state index is 0.00789. The Bertz CT molecular complexity index is 424. The standard InChI is InChI=1S/C12H15N3O2/c13-12(17)8-1-3-9(4-2-8)14-7-11(16)15-10-5-6-10/h1-4,10,14H,5-7H2,(H2,13,17)(H,15,16). The predicted molar refractivity (Wildman–Crippen MR) is 64.6 cm³/mol. The lowest BCUT2D eigenvalue weighted by molar-refractivity contribution is -0.119. The zero-order valence-corrected chi connectivity index (χ0v) is 9.40. The molecule has 5 heteroatoms. The zero-order valence-electron chi connectivity index (χ0n) is 9.40. The molecule has 90 valence electrons. The van der Waals surface area contributed by atoms with Gasteiger partial charge in [-0.25, -0.2) is 0 Å². The molecule has 1 aliphatic rings. The van der Waals surface area contributed by atoms with Gasteiger partial charge in [0.05, 0.1) is 6.54 Å². The Kier molecular flexibility index (Phi) is 3.27. The number of anilines is 1. The molecule has 0 aliphatic heterocycles. The van der Waals surface area contributed by atoms with E-state index in [0.29, 0.717) is 11.6 Å². The quantitative estimate of drug-likeness (QED) is 0.691. The first kappa shape index (κ1) is 11.4. The molecule has 17 heavy (non-hydrogen) atoms. The topological polar surface area (TPSA) is 84.2 Å². The molecule has 2 rings (SSSR count). The lowest BCUT2D eigenvalue weighted by Crippen LogP contribution is -2.31. The third-order valence-electron chi connectivity index (χ3n) is 2.56. The van der Waals surface area contributed by atoms with E-state index in [1.165, 1.54) is 0 Å². The number of rotatable bonds is 5. The SMILES string of the molecule is NC(=O)c1ccc(NCC(=O)NC2CC2)cc1. The van der Waals surface area contributed by atoms with E-state index in [-0.39, 0.29) is 12.5 Å². The van der Waals surface area contributed by atoms with Gasteiger partial charge in [0, 0.05) is 17.3 Å². The van der Waals surface area contributed by atoms with Crippen molar-refractivity contribution >= 4 is 17.5 Å². The van der Waals surface area contributed by atoms with Crippen molar-refractivity contribution in [2.75, 3.05) is 11.9 Å². The average Bonchev–Trinajstić information content (AvgIpc) is 3.11. The number of carbonyl (C=O) groups excluding carboxylic acids is 2. The number of carbonyl (C=O) groups is 2. The summed E-state index contributed by atoms with van der Waals surface area (Å²) in [7, 11) is 0. The molecule has 1 aliphatic carbocycles. The van der Waals surface area contributed by atoms with Crippen LogP contribution in [0.5, 0.6) is 0 Å². The Morgan fingerprint density at radius 2 is 1.88 bits per heavy atom. The van der Waals surface area contributed by atoms with Gasteiger partial charge in [0.2, 0.25) is 11.8 Å². The summed E-state index contributed by atoms with van der Waals surface area (Å²) in [5, 5.41) is 5.86. The summed E-state index contributed by atoms with van der Waals surface area (Å²) in [6.07, 6.45) is 2.16. The second-order valence-corrected chi connectivity index (χ2v) is 4.14. The van der Waals surface area contributed by atoms with Crippen LogP contribution in [0, 0.1) is 0 Å². The molecule has 0 unspecified atom stereocenters. The maximum Gasteiger partial charge on any atom is 0.248 e. The van der Waals surface area contributed by atoms with Crippen LogP contribution < -0.4 is 16.4 Å². The molecule has 4 N–H and O–H groups in total. The average molecular weight is 233 g/mol. The fraction of sp³-hybridized carbons (Fsp3) is 0.333. The van der Waals surface area contributed by atoms with Crippen molar-refractivity contribution in [3.05, 3.63) is 29.8 Å². The fourth-order valence-corrected chi connectivity index (χ4v) is 1.44. The Labute approximate surface area is 99.4 Å². The Hall–Kier alpha value is -2.04. The van der Waals surface area contributed by atoms with E-state index in [0.717, 1.165) is 18.5 Å². The lowest BCUT2D eigenvalue weighted by Gasteiger charge is -2.07. The first-order valence-corrected chi connectivity index (χ1v) is 5.58. The van der Waals surface area contributed by atoms with E-state index < -0.39 is 5.91 Å². The molecule has 1 fully saturated rings. The minimum atomic E-state index is -0.456. The van der Waals surface area contributed by atoms with Gasteiger partial charge in [-0.05, 0) is 37.1 Å². The van der Waals surface area contributed by atoms with Crippen molar-refractivity contribution in [3.63, 3.8) is 0 Å². The van der Waals surface area contributed by atoms with Crippen molar-refractivity contribution in [2.45, 2.75) is 18.9 Å². The van der Waals surface area contributed by atoms with E-state index in [1.54, 1.807) is 24.3 Å². The smallest absolute Gasteiger partial charge is 0.248 e. The highest BCUT2D eigenvalue weighted by Crippen LogP contribution is 2.18. The number of hydrogen-bond donors (Lipinski definition) is 3. The maximum absolute atomic E-state index is 11.4. The Morgan fingerprint density at radius 1 is 1.24 bits per heavy atom. The van der Waals surface area contributed by atoms with Crippen LogP contribution in [0.1, 0.15) is 23.2 Å². The largest absolute Gasteiger partial charge is 0.376 e. The third-order valence-corrected chi connectivity index (χ3v) is 2.56. The van der Waals surface area contributed by atoms with E-state index >= 15 is 0 Å². The summed E-state index contributed by atoms with van der Waals surface area (Å²) in [5.74, 6) is -0.463. The number of benzene rings is 1. The first-order chi connectivity index (χ1) is 8.15. The zero-order chi connectivity index (χ0) is 12.3. The molecule has 0 saturated heterocycles. The highest BCUT2D eigenvalue weighted by molar-refractivity contribution is 5.93. The monoisotopic (exact) mass is 233 g/mol. The Balaban J connectivity index is 1.81. The molecule has 0 bridgehead atoms. The van der Waals surface area contributed by atoms with Crippen molar-refractivity contribution in [1.82, 2.24) is 5.32 Å². The molecular weight excluding hydrogens is 218 g/mol. The molecule has 1 saturated carbocycles. The summed E-state index contributed by atoms with van der Waals surface area (Å²) in [6.45, 7) is 0.242. The highest BCUT2D eigenvalue weighted by atomic mass is 16.2. The lowest BCUT2D eigenvalue weighted by atomic mass is 10.2. The van der Waals surface area contributed by atoms with Gasteiger partial charge < -0.3 is 16.4 Å². The number of nitrogens with one attached hydrogen (secondary N) is 2. The molecule has 2 amide bonds. The number of nitrogens with two attached hydrogens (primary N) is 1. The van der Waals surface area contributed by atoms with Gasteiger partial charge in [-0.2, -0.15) is 0 Å². The highest BCUT2D eigenvalue weighted by Gasteiger charge is 2.22. The van der Waals surface area contributed by atoms with Gasteiger partial charge in [0.15, 0.2) is 0 Å². The maximum atomic E-state index is 11.4. The molecular formula is C12H15N3O2. The van der Waals surface area contributed by atoms with Gasteiger partial charge in [-0.3, -0.25) is 9.59 Å². The summed E-state index contributed by atoms with van der Waals surface area (Å²) >= 11 is 0. The van der Waals surface area contributed by atoms with Crippen LogP contribution >= 0.6 is 0 Å². The van der Waals surface area contributed by atoms with Gasteiger partial charge >= 0.3 is 0 Å². The molecule has 0 spiro atoms. The van der Waals surface area contributed by atoms with Gasteiger partial charge in [-0.1, -0.05) is 0 Å². The summed E-state index contributed by atoms with van der Waals surface area (Å²) in [5.41, 5.74) is 6.37. The molecule has 0 heterocycles. The van der Waals surface area contributed by atoms with Gasteiger partial charge in [-0.15, -0.1) is 0 Å². The number of hydrogen-bond acceptors (Lipinski definition) is 3. The fourth-order valence-electron chi connectivity index (χ4n) is 1.44. The predicted octanol–water partition coefficient (Wildman–Crippen LogP) is 0.476. The molecule has 0 atom stereocenters. The summed E-state index contributed by atoms with van der Waals surface area (Å²) in [4.78, 5) is 22.2. The van der Waals surface area contributed by atoms with Crippen LogP contribution in [-0.2, 0) is 4.79 Å². The molecule has 1 aromatic carbocycles. The van der Waals surface area contributed by atoms with Gasteiger partial charge in [0.25, 0.3) is 0 Å². The van der Waals surface area contributed by atoms with Crippen LogP contribution in [0.15, 0.2) is 24.3 Å². The third kappa shape index (κ3) is 3.48. The molecule has 0 aromatic heterocycles. The van der Waals surface area contributed by atoms with E-state index in [4.69, 9.17) is 5.73 Å². The van der Waals surface area contributed by atoms with Crippen LogP contribution in [0.4, 0.5) is 5.69 Å². The van der Waals surface area contributed by atoms with Crippen molar-refractivity contribution in [3.8, 4) is 0 Å². The number of amides is 2. The van der Waals surface area contributed by atoms with Gasteiger partial charge in [0.1, 0.15) is 0 Å². The van der Waals surface area contributed by atoms with Crippen molar-refractivity contribution in [2.24, 2.45) is 5.73 Å². The minimum Gasteiger partial charge on any atom is -0.376 e. The van der Waals surface area contributed by atoms with Crippen LogP contribution in [0.25, 0.3) is 0 Å². The summed E-state index contributed by atoms with van der Waals surface area (Å²) < 4.78 is 0. The van der Waals surface area contributed by atoms with Crippen LogP contribution in [0.3, 0.4) is 0 Å². The van der Waals surface area contributed by atoms with Crippen molar-refractivity contribution < 1.29 is 9.59 Å². The number of primary amides is 1. The second kappa shape index (κ2) is 4.86. The van der Waals surface area contributed by atoms with E-state index in [1.807, 2.05) is 0 Å². The second-order valence-electron chi connectivity index (χ2n) is 4.14. The molecule has 5 nitrogen and oxygen atoms in total. The van der Waals surface area contributed by atoms with E-state index in [2.05, 4.69) is 10.6 Å². The first-order valence-electron chi connectivity index (χ1n) is 5.58. The van der Waals surface area contributed by atoms with Crippen LogP contribution in [0.2, 0.25) is 0 Å². The van der Waals surface area contributed by atoms with Crippen molar-refractivity contribution in [1.29, 1.82) is 0 Å². The summed E-state index contributed by atoms with van der Waals surface area (Å²) in [6, 6.07) is 7.09. The molecule has 0 radical (unpaired) electrons. The normalized spacial score (nSPS) is 14.1. The Morgan fingerprint density at radius 3 is 2.41 bits per heavy atom. The van der Waals surface area contributed by atoms with E-state index in [9.17, 15) is 9.59 Å².